The quantitative estimate of drug-likeness (QED) is 0.0372. The molecule has 0 aliphatic heterocycles. The molecule has 0 bridgehead atoms. The average molecular weight is 1450 g/mol. The number of alkyl halides is 9. The minimum Gasteiger partial charge on any atom is -0.741 e. The van der Waals surface area contributed by atoms with Gasteiger partial charge in [-0.15, -0.1) is 0 Å². The van der Waals surface area contributed by atoms with Crippen molar-refractivity contribution in [1.82, 2.24) is 0 Å². The summed E-state index contributed by atoms with van der Waals surface area (Å²) >= 11 is -0.373. The summed E-state index contributed by atoms with van der Waals surface area (Å²) in [4.78, 5) is 8.28. The highest BCUT2D eigenvalue weighted by molar-refractivity contribution is 7.97. The number of benzene rings is 8. The topological polar surface area (TPSA) is 190 Å². The third-order valence-corrected chi connectivity index (χ3v) is 22.6. The molecule has 89 heavy (non-hydrogen) atoms. The number of hydrogen-bond acceptors (Lipinski definition) is 11. The van der Waals surface area contributed by atoms with Gasteiger partial charge in [0.2, 0.25) is 0 Å². The van der Waals surface area contributed by atoms with Crippen LogP contribution in [0.15, 0.2) is 175 Å². The van der Waals surface area contributed by atoms with Gasteiger partial charge in [0.15, 0.2) is 66.9 Å². The number of ether oxygens (including phenoxy) is 2. The van der Waals surface area contributed by atoms with Gasteiger partial charge in [-0.3, -0.25) is 0 Å². The summed E-state index contributed by atoms with van der Waals surface area (Å²) in [6.07, 6.45) is 0. The van der Waals surface area contributed by atoms with Crippen LogP contribution in [0.5, 0.6) is 23.0 Å². The molecule has 478 valence electrons. The summed E-state index contributed by atoms with van der Waals surface area (Å²) < 4.78 is 192. The van der Waals surface area contributed by atoms with Gasteiger partial charge in [0.05, 0.1) is 0 Å². The molecule has 0 spiro atoms. The number of hydrogen-bond donors (Lipinski definition) is 0. The first-order valence-corrected chi connectivity index (χ1v) is 35.0. The maximum atomic E-state index is 10.7. The largest absolute Gasteiger partial charge is 0.741 e. The fourth-order valence-electron chi connectivity index (χ4n) is 9.45. The predicted octanol–water partition coefficient (Wildman–Crippen LogP) is 13.4. The standard InChI is InChI=1S/C60H60IO2S2.3CHF3O3S/c1-37-29-41(5)57(42(6)30-37)64(58-43(7)31-38(2)32-44(58)8)55-25-21-53(22-26-55)62-51-17-13-49(14-18-51)61-50-15-19-52(20-16-50)63-54-23-27-56(28-24-54)65(59-45(9)33-39(3)34-46(59)10)60-47(11)35-40(4)36-48(60)12;3*2-1(3,4)8(5,6)7/h13-36H,1-12H3;3*(H,5,6,7)/q+3;;;/p-3. The van der Waals surface area contributed by atoms with Crippen molar-refractivity contribution in [3.63, 3.8) is 0 Å². The Bertz CT molecular complexity index is 3650. The van der Waals surface area contributed by atoms with Crippen LogP contribution < -0.4 is 30.7 Å². The van der Waals surface area contributed by atoms with Crippen LogP contribution in [0.2, 0.25) is 0 Å². The minimum atomic E-state index is -6.09. The van der Waals surface area contributed by atoms with Gasteiger partial charge in [0.25, 0.3) is 0 Å². The third-order valence-electron chi connectivity index (χ3n) is 12.5. The van der Waals surface area contributed by atoms with Crippen molar-refractivity contribution in [2.75, 3.05) is 0 Å². The molecule has 0 unspecified atom stereocenters. The predicted molar refractivity (Wildman–Crippen MR) is 318 cm³/mol. The molecule has 0 aromatic heterocycles. The normalized spacial score (nSPS) is 12.1. The third kappa shape index (κ3) is 20.2. The fraction of sp³-hybridized carbons (Fsp3) is 0.238. The van der Waals surface area contributed by atoms with Crippen LogP contribution in [-0.4, -0.2) is 55.4 Å². The van der Waals surface area contributed by atoms with Gasteiger partial charge in [-0.2, -0.15) is 39.5 Å². The van der Waals surface area contributed by atoms with E-state index in [-0.39, 0.29) is 43.0 Å². The first-order valence-electron chi connectivity index (χ1n) is 26.1. The molecule has 0 heterocycles. The SMILES string of the molecule is Cc1cc(C)c([S+](c2ccc(Oc3ccc([I+]c4ccc(Oc5ccc([S+](c6c(C)cc(C)cc6C)c6c(C)cc(C)cc6C)cc5)cc4)cc3)cc2)c2c(C)cc(C)cc2C)c(C)c1.O=S(=O)([O-])C(F)(F)F.O=S(=O)([O-])C(F)(F)F.O=S(=O)([O-])C(F)(F)F. The molecule has 0 fully saturated rings. The Kier molecular flexibility index (Phi) is 24.4. The second-order valence-corrected chi connectivity index (χ2v) is 31.3. The summed E-state index contributed by atoms with van der Waals surface area (Å²) in [7, 11) is -18.8. The molecular formula is C63H60F9IO11S5. The first kappa shape index (κ1) is 73.6. The molecule has 0 aliphatic carbocycles. The average Bonchev–Trinajstić information content (AvgIpc) is 0.945. The van der Waals surface area contributed by atoms with E-state index < -0.39 is 46.9 Å². The van der Waals surface area contributed by atoms with Crippen molar-refractivity contribution in [2.45, 2.75) is 129 Å². The van der Waals surface area contributed by atoms with Crippen molar-refractivity contribution in [1.29, 1.82) is 0 Å². The van der Waals surface area contributed by atoms with Gasteiger partial charge >= 0.3 is 37.7 Å². The molecule has 26 heteroatoms. The Morgan fingerprint density at radius 1 is 0.315 bits per heavy atom. The van der Waals surface area contributed by atoms with E-state index in [4.69, 9.17) is 48.4 Å². The zero-order chi connectivity index (χ0) is 67.1. The van der Waals surface area contributed by atoms with Crippen molar-refractivity contribution in [2.24, 2.45) is 0 Å². The molecule has 0 saturated carbocycles. The van der Waals surface area contributed by atoms with Crippen LogP contribution >= 0.6 is 0 Å². The molecule has 8 aromatic rings. The maximum absolute atomic E-state index is 10.7. The Labute approximate surface area is 528 Å². The lowest BCUT2D eigenvalue weighted by Crippen LogP contribution is -3.61. The van der Waals surface area contributed by atoms with Gasteiger partial charge in [-0.1, -0.05) is 70.8 Å². The van der Waals surface area contributed by atoms with Gasteiger partial charge in [-0.05, 0) is 180 Å². The van der Waals surface area contributed by atoms with Crippen LogP contribution in [0.3, 0.4) is 0 Å². The van der Waals surface area contributed by atoms with Crippen molar-refractivity contribution in [3.05, 3.63) is 219 Å². The van der Waals surface area contributed by atoms with Crippen LogP contribution in [-0.2, 0) is 52.1 Å². The van der Waals surface area contributed by atoms with Gasteiger partial charge < -0.3 is 23.1 Å². The van der Waals surface area contributed by atoms with E-state index >= 15 is 0 Å². The lowest BCUT2D eigenvalue weighted by atomic mass is 10.1. The zero-order valence-corrected chi connectivity index (χ0v) is 55.9. The smallest absolute Gasteiger partial charge is 0.485 e. The number of aryl methyl sites for hydroxylation is 12. The summed E-state index contributed by atoms with van der Waals surface area (Å²) in [5.41, 5.74) is -0.965. The van der Waals surface area contributed by atoms with E-state index in [1.165, 1.54) is 103 Å². The molecule has 0 amide bonds. The van der Waals surface area contributed by atoms with E-state index in [1.54, 1.807) is 0 Å². The lowest BCUT2D eigenvalue weighted by molar-refractivity contribution is -0.597. The molecule has 0 atom stereocenters. The van der Waals surface area contributed by atoms with Gasteiger partial charge in [0.1, 0.15) is 44.8 Å². The summed E-state index contributed by atoms with van der Waals surface area (Å²) in [6, 6.07) is 53.4. The van der Waals surface area contributed by atoms with Crippen LogP contribution in [0.25, 0.3) is 0 Å². The molecule has 0 N–H and O–H groups in total. The van der Waals surface area contributed by atoms with E-state index in [2.05, 4.69) is 229 Å². The summed E-state index contributed by atoms with van der Waals surface area (Å²) in [5.74, 6) is 3.37. The fourth-order valence-corrected chi connectivity index (χ4v) is 16.8. The Balaban J connectivity index is 0.000000505. The van der Waals surface area contributed by atoms with E-state index in [0.29, 0.717) is 0 Å². The van der Waals surface area contributed by atoms with Crippen molar-refractivity contribution < 1.29 is 109 Å². The summed E-state index contributed by atoms with van der Waals surface area (Å²) in [6.45, 7) is 26.9. The Morgan fingerprint density at radius 2 is 0.472 bits per heavy atom. The second-order valence-electron chi connectivity index (χ2n) is 20.4. The van der Waals surface area contributed by atoms with E-state index in [1.807, 2.05) is 0 Å². The maximum Gasteiger partial charge on any atom is 0.485 e. The van der Waals surface area contributed by atoms with Crippen molar-refractivity contribution in [3.8, 4) is 23.0 Å². The highest BCUT2D eigenvalue weighted by atomic mass is 127. The van der Waals surface area contributed by atoms with Gasteiger partial charge in [0, 0.05) is 44.5 Å². The molecule has 0 aliphatic rings. The molecular weight excluding hydrogens is 1390 g/mol. The van der Waals surface area contributed by atoms with Crippen LogP contribution in [0, 0.1) is 90.2 Å². The summed E-state index contributed by atoms with van der Waals surface area (Å²) in [5, 5.41) is 0. The van der Waals surface area contributed by atoms with Crippen LogP contribution in [0.1, 0.15) is 66.8 Å². The highest BCUT2D eigenvalue weighted by Gasteiger charge is 2.40. The first-order chi connectivity index (χ1) is 40.9. The van der Waals surface area contributed by atoms with Crippen LogP contribution in [0.4, 0.5) is 39.5 Å². The van der Waals surface area contributed by atoms with Gasteiger partial charge in [-0.25, -0.2) is 25.3 Å². The number of rotatable bonds is 12. The lowest BCUT2D eigenvalue weighted by Gasteiger charge is -2.17. The van der Waals surface area contributed by atoms with Crippen molar-refractivity contribution >= 4 is 52.1 Å². The molecule has 11 nitrogen and oxygen atoms in total. The monoisotopic (exact) mass is 1450 g/mol. The second kappa shape index (κ2) is 29.4. The van der Waals surface area contributed by atoms with E-state index in [0.717, 1.165) is 23.0 Å². The highest BCUT2D eigenvalue weighted by Crippen LogP contribution is 2.42. The Morgan fingerprint density at radius 3 is 0.629 bits per heavy atom. The zero-order valence-electron chi connectivity index (χ0n) is 49.7. The molecule has 8 rings (SSSR count). The number of halogens is 10. The Hall–Kier alpha value is -6.11. The molecule has 8 aromatic carbocycles. The molecule has 0 saturated heterocycles. The molecule has 0 radical (unpaired) electrons. The van der Waals surface area contributed by atoms with E-state index in [9.17, 15) is 39.5 Å². The minimum absolute atomic E-state index is 0.246.